The van der Waals surface area contributed by atoms with Crippen molar-refractivity contribution in [1.29, 1.82) is 0 Å². The molecule has 0 aromatic carbocycles. The molecule has 0 aliphatic heterocycles. The van der Waals surface area contributed by atoms with Crippen LogP contribution in [-0.2, 0) is 28.5 Å². The molecule has 0 saturated carbocycles. The highest BCUT2D eigenvalue weighted by Crippen LogP contribution is 2.23. The average Bonchev–Trinajstić information content (AvgIpc) is 3.26. The lowest BCUT2D eigenvalue weighted by atomic mass is 9.91. The van der Waals surface area contributed by atoms with Crippen LogP contribution in [0.15, 0.2) is 36.5 Å². The van der Waals surface area contributed by atoms with E-state index < -0.39 is 0 Å². The summed E-state index contributed by atoms with van der Waals surface area (Å²) in [7, 11) is 4.11. The molecular formula is C55H103NO6. The molecule has 1 unspecified atom stereocenters. The van der Waals surface area contributed by atoms with Crippen LogP contribution in [0.25, 0.3) is 0 Å². The number of unbranched alkanes of at least 4 members (excludes halogenated alkanes) is 24. The molecule has 0 aliphatic rings. The Kier molecular flexibility index (Phi) is 48.5. The van der Waals surface area contributed by atoms with E-state index in [1.54, 1.807) is 0 Å². The van der Waals surface area contributed by atoms with Gasteiger partial charge in [-0.2, -0.15) is 0 Å². The Balaban J connectivity index is 4.43. The van der Waals surface area contributed by atoms with Gasteiger partial charge in [0.25, 0.3) is 0 Å². The molecule has 62 heavy (non-hydrogen) atoms. The SMILES string of the molecule is CCCCCC/C=C\COC(=O)CCCCCCCCCC(CCCCCCCCCC(OC/C=C\CCCCCC)OC/C=C\CCCCCC)CC(=O)OCCCN(C)C. The molecule has 0 saturated heterocycles. The molecular weight excluding hydrogens is 771 g/mol. The smallest absolute Gasteiger partial charge is 0.306 e. The first-order valence-electron chi connectivity index (χ1n) is 26.6. The van der Waals surface area contributed by atoms with E-state index in [1.807, 2.05) is 6.08 Å². The molecule has 0 fully saturated rings. The van der Waals surface area contributed by atoms with Crippen molar-refractivity contribution in [3.05, 3.63) is 36.5 Å². The maximum Gasteiger partial charge on any atom is 0.306 e. The van der Waals surface area contributed by atoms with E-state index in [1.165, 1.54) is 148 Å². The number of carbonyl (C=O) groups excluding carboxylic acids is 2. The summed E-state index contributed by atoms with van der Waals surface area (Å²) in [5.41, 5.74) is 0. The summed E-state index contributed by atoms with van der Waals surface area (Å²) in [5, 5.41) is 0. The van der Waals surface area contributed by atoms with Gasteiger partial charge >= 0.3 is 11.9 Å². The first-order valence-corrected chi connectivity index (χ1v) is 26.6. The van der Waals surface area contributed by atoms with Crippen LogP contribution in [0.5, 0.6) is 0 Å². The largest absolute Gasteiger partial charge is 0.466 e. The minimum atomic E-state index is -0.133. The summed E-state index contributed by atoms with van der Waals surface area (Å²) in [6.07, 6.45) is 53.4. The van der Waals surface area contributed by atoms with Crippen LogP contribution < -0.4 is 0 Å². The van der Waals surface area contributed by atoms with Gasteiger partial charge in [0.2, 0.25) is 0 Å². The van der Waals surface area contributed by atoms with Crippen LogP contribution >= 0.6 is 0 Å². The summed E-state index contributed by atoms with van der Waals surface area (Å²) >= 11 is 0. The topological polar surface area (TPSA) is 74.3 Å². The Morgan fingerprint density at radius 1 is 0.435 bits per heavy atom. The van der Waals surface area contributed by atoms with Gasteiger partial charge in [-0.15, -0.1) is 0 Å². The molecule has 0 spiro atoms. The van der Waals surface area contributed by atoms with Gasteiger partial charge in [0.05, 0.1) is 19.8 Å². The molecule has 0 bridgehead atoms. The Bertz CT molecular complexity index is 999. The molecule has 0 amide bonds. The van der Waals surface area contributed by atoms with Gasteiger partial charge in [-0.3, -0.25) is 9.59 Å². The zero-order valence-corrected chi connectivity index (χ0v) is 41.8. The lowest BCUT2D eigenvalue weighted by molar-refractivity contribution is -0.145. The minimum absolute atomic E-state index is 0.0196. The molecule has 0 radical (unpaired) electrons. The Hall–Kier alpha value is -1.96. The zero-order valence-electron chi connectivity index (χ0n) is 41.8. The van der Waals surface area contributed by atoms with Crippen molar-refractivity contribution in [2.24, 2.45) is 5.92 Å². The molecule has 364 valence electrons. The molecule has 0 aliphatic carbocycles. The van der Waals surface area contributed by atoms with Crippen molar-refractivity contribution >= 4 is 11.9 Å². The second-order valence-corrected chi connectivity index (χ2v) is 18.3. The van der Waals surface area contributed by atoms with Gasteiger partial charge in [-0.1, -0.05) is 192 Å². The lowest BCUT2D eigenvalue weighted by Crippen LogP contribution is -2.17. The van der Waals surface area contributed by atoms with E-state index in [0.717, 1.165) is 70.8 Å². The van der Waals surface area contributed by atoms with E-state index in [2.05, 4.69) is 70.1 Å². The number of rotatable bonds is 49. The zero-order chi connectivity index (χ0) is 45.2. The highest BCUT2D eigenvalue weighted by molar-refractivity contribution is 5.69. The number of carbonyl (C=O) groups is 2. The molecule has 7 nitrogen and oxygen atoms in total. The lowest BCUT2D eigenvalue weighted by Gasteiger charge is -2.17. The third-order valence-corrected chi connectivity index (χ3v) is 11.8. The normalized spacial score (nSPS) is 12.6. The fraction of sp³-hybridized carbons (Fsp3) is 0.855. The minimum Gasteiger partial charge on any atom is -0.466 e. The number of ether oxygens (including phenoxy) is 4. The summed E-state index contributed by atoms with van der Waals surface area (Å²) in [6, 6.07) is 0. The van der Waals surface area contributed by atoms with E-state index in [-0.39, 0.29) is 18.2 Å². The van der Waals surface area contributed by atoms with Crippen LogP contribution in [-0.4, -0.2) is 70.2 Å². The predicted octanol–water partition coefficient (Wildman–Crippen LogP) is 16.0. The highest BCUT2D eigenvalue weighted by Gasteiger charge is 2.15. The maximum atomic E-state index is 12.8. The van der Waals surface area contributed by atoms with Gasteiger partial charge in [-0.05, 0) is 97.1 Å². The van der Waals surface area contributed by atoms with Crippen LogP contribution in [0.3, 0.4) is 0 Å². The van der Waals surface area contributed by atoms with Crippen LogP contribution in [0.1, 0.15) is 245 Å². The first kappa shape index (κ1) is 60.0. The third kappa shape index (κ3) is 47.5. The quantitative estimate of drug-likeness (QED) is 0.0261. The first-order chi connectivity index (χ1) is 30.4. The molecule has 0 rings (SSSR count). The van der Waals surface area contributed by atoms with Crippen LogP contribution in [0, 0.1) is 5.92 Å². The van der Waals surface area contributed by atoms with Crippen LogP contribution in [0.4, 0.5) is 0 Å². The number of hydrogen-bond acceptors (Lipinski definition) is 7. The van der Waals surface area contributed by atoms with Gasteiger partial charge in [0.15, 0.2) is 6.29 Å². The maximum absolute atomic E-state index is 12.8. The second-order valence-electron chi connectivity index (χ2n) is 18.3. The fourth-order valence-corrected chi connectivity index (χ4v) is 7.80. The standard InChI is InChI=1S/C55H103NO6/c1-6-9-12-15-24-31-38-47-59-53(57)44-36-29-22-18-20-27-34-42-52(51-54(58)60-50-41-46-56(4)5)43-35-28-21-19-23-30-37-45-55(61-48-39-32-25-16-13-10-7-2)62-49-40-33-26-17-14-11-8-3/h31-33,38-40,52,55H,6-30,34-37,41-51H2,1-5H3/b38-31-,39-32-,40-33-. The molecule has 0 aromatic rings. The number of allylic oxidation sites excluding steroid dienone is 3. The predicted molar refractivity (Wildman–Crippen MR) is 266 cm³/mol. The second kappa shape index (κ2) is 50.0. The van der Waals surface area contributed by atoms with E-state index in [9.17, 15) is 9.59 Å². The van der Waals surface area contributed by atoms with Crippen molar-refractivity contribution in [2.45, 2.75) is 252 Å². The Morgan fingerprint density at radius 3 is 1.32 bits per heavy atom. The fourth-order valence-electron chi connectivity index (χ4n) is 7.80. The van der Waals surface area contributed by atoms with E-state index in [4.69, 9.17) is 18.9 Å². The van der Waals surface area contributed by atoms with Gasteiger partial charge in [0, 0.05) is 19.4 Å². The molecule has 0 heterocycles. The summed E-state index contributed by atoms with van der Waals surface area (Å²) in [5.74, 6) is 0.327. The monoisotopic (exact) mass is 874 g/mol. The van der Waals surface area contributed by atoms with Crippen molar-refractivity contribution in [3.63, 3.8) is 0 Å². The van der Waals surface area contributed by atoms with Crippen molar-refractivity contribution < 1.29 is 28.5 Å². The summed E-state index contributed by atoms with van der Waals surface area (Å²) in [6.45, 7) is 9.87. The van der Waals surface area contributed by atoms with Crippen molar-refractivity contribution in [2.75, 3.05) is 47.1 Å². The Morgan fingerprint density at radius 2 is 0.855 bits per heavy atom. The third-order valence-electron chi connectivity index (χ3n) is 11.8. The summed E-state index contributed by atoms with van der Waals surface area (Å²) < 4.78 is 23.4. The highest BCUT2D eigenvalue weighted by atomic mass is 16.7. The average molecular weight is 874 g/mol. The van der Waals surface area contributed by atoms with Crippen molar-refractivity contribution in [3.8, 4) is 0 Å². The van der Waals surface area contributed by atoms with Gasteiger partial charge < -0.3 is 23.8 Å². The number of esters is 2. The number of hydrogen-bond donors (Lipinski definition) is 0. The van der Waals surface area contributed by atoms with E-state index in [0.29, 0.717) is 45.2 Å². The van der Waals surface area contributed by atoms with Gasteiger partial charge in [0.1, 0.15) is 6.61 Å². The number of nitrogens with zero attached hydrogens (tertiary/aromatic N) is 1. The van der Waals surface area contributed by atoms with E-state index >= 15 is 0 Å². The molecule has 0 N–H and O–H groups in total. The summed E-state index contributed by atoms with van der Waals surface area (Å²) in [4.78, 5) is 26.9. The Labute approximate surface area is 385 Å². The molecule has 7 heteroatoms. The van der Waals surface area contributed by atoms with Crippen LogP contribution in [0.2, 0.25) is 0 Å². The molecule has 1 atom stereocenters. The molecule has 0 aromatic heterocycles. The van der Waals surface area contributed by atoms with Crippen molar-refractivity contribution in [1.82, 2.24) is 4.90 Å². The van der Waals surface area contributed by atoms with Gasteiger partial charge in [-0.25, -0.2) is 0 Å².